The Balaban J connectivity index is 1.51. The average Bonchev–Trinajstić information content (AvgIpc) is 3.23. The summed E-state index contributed by atoms with van der Waals surface area (Å²) >= 11 is 1.38. The summed E-state index contributed by atoms with van der Waals surface area (Å²) in [6.45, 7) is 1.87. The second kappa shape index (κ2) is 8.75. The van der Waals surface area contributed by atoms with Gasteiger partial charge < -0.3 is 5.32 Å². The summed E-state index contributed by atoms with van der Waals surface area (Å²) in [4.78, 5) is 12.9. The summed E-state index contributed by atoms with van der Waals surface area (Å²) in [6.07, 6.45) is 1.66. The van der Waals surface area contributed by atoms with Crippen LogP contribution in [0, 0.1) is 0 Å². The molecule has 1 atom stereocenters. The number of benzene rings is 3. The molecule has 1 heterocycles. The summed E-state index contributed by atoms with van der Waals surface area (Å²) in [7, 11) is 0. The molecule has 0 radical (unpaired) electrons. The molecular formula is C23H20N4OS. The van der Waals surface area contributed by atoms with E-state index in [-0.39, 0.29) is 11.2 Å². The molecular weight excluding hydrogens is 380 g/mol. The minimum atomic E-state index is -0.342. The van der Waals surface area contributed by atoms with Gasteiger partial charge in [-0.1, -0.05) is 78.5 Å². The Bertz CT molecular complexity index is 1100. The first-order chi connectivity index (χ1) is 14.2. The molecule has 0 spiro atoms. The number of amides is 1. The van der Waals surface area contributed by atoms with Crippen molar-refractivity contribution in [2.24, 2.45) is 0 Å². The number of thioether (sulfide) groups is 1. The van der Waals surface area contributed by atoms with Crippen molar-refractivity contribution in [3.05, 3.63) is 91.3 Å². The number of carbonyl (C=O) groups excluding carboxylic acids is 1. The van der Waals surface area contributed by atoms with Gasteiger partial charge in [-0.15, -0.1) is 10.2 Å². The zero-order valence-corrected chi connectivity index (χ0v) is 16.7. The second-order valence-corrected chi connectivity index (χ2v) is 7.79. The van der Waals surface area contributed by atoms with Crippen LogP contribution in [0.1, 0.15) is 6.92 Å². The molecule has 29 heavy (non-hydrogen) atoms. The first-order valence-electron chi connectivity index (χ1n) is 9.30. The molecule has 0 aliphatic carbocycles. The summed E-state index contributed by atoms with van der Waals surface area (Å²) in [5.74, 6) is -0.0824. The average molecular weight is 401 g/mol. The zero-order valence-electron chi connectivity index (χ0n) is 15.9. The molecule has 1 unspecified atom stereocenters. The third-order valence-electron chi connectivity index (χ3n) is 4.47. The van der Waals surface area contributed by atoms with Gasteiger partial charge in [-0.2, -0.15) is 0 Å². The van der Waals surface area contributed by atoms with E-state index in [1.807, 2.05) is 96.4 Å². The monoisotopic (exact) mass is 400 g/mol. The van der Waals surface area contributed by atoms with Gasteiger partial charge in [0.15, 0.2) is 5.16 Å². The normalized spacial score (nSPS) is 11.8. The molecule has 0 aliphatic heterocycles. The van der Waals surface area contributed by atoms with Crippen molar-refractivity contribution in [3.8, 4) is 16.8 Å². The summed E-state index contributed by atoms with van der Waals surface area (Å²) in [5, 5.41) is 11.6. The number of carbonyl (C=O) groups is 1. The molecule has 144 valence electrons. The highest BCUT2D eigenvalue weighted by atomic mass is 32.2. The quantitative estimate of drug-likeness (QED) is 0.460. The number of rotatable bonds is 6. The standard InChI is InChI=1S/C23H20N4OS/c1-17(29-23-26-24-16-27(23)19-12-6-3-7-13-19)22(28)25-21-15-9-8-14-20(21)18-10-4-2-5-11-18/h2-17H,1H3,(H,25,28). The van der Waals surface area contributed by atoms with Crippen molar-refractivity contribution in [1.82, 2.24) is 14.8 Å². The molecule has 6 heteroatoms. The predicted molar refractivity (Wildman–Crippen MR) is 117 cm³/mol. The molecule has 0 aliphatic rings. The van der Waals surface area contributed by atoms with Crippen LogP contribution in [-0.4, -0.2) is 25.9 Å². The van der Waals surface area contributed by atoms with Crippen LogP contribution in [0.3, 0.4) is 0 Å². The maximum absolute atomic E-state index is 12.9. The minimum absolute atomic E-state index is 0.0824. The predicted octanol–water partition coefficient (Wildman–Crippen LogP) is 5.05. The molecule has 1 amide bonds. The fourth-order valence-electron chi connectivity index (χ4n) is 2.98. The SMILES string of the molecule is CC(Sc1nncn1-c1ccccc1)C(=O)Nc1ccccc1-c1ccccc1. The Kier molecular flexibility index (Phi) is 5.72. The van der Waals surface area contributed by atoms with Gasteiger partial charge in [-0.25, -0.2) is 0 Å². The van der Waals surface area contributed by atoms with E-state index in [1.165, 1.54) is 11.8 Å². The number of para-hydroxylation sites is 2. The molecule has 3 aromatic carbocycles. The first kappa shape index (κ1) is 19.0. The topological polar surface area (TPSA) is 59.8 Å². The van der Waals surface area contributed by atoms with Gasteiger partial charge in [0.2, 0.25) is 5.91 Å². The van der Waals surface area contributed by atoms with Gasteiger partial charge in [0.1, 0.15) is 6.33 Å². The maximum atomic E-state index is 12.9. The Morgan fingerprint density at radius 1 is 0.931 bits per heavy atom. The van der Waals surface area contributed by atoms with Crippen molar-refractivity contribution < 1.29 is 4.79 Å². The number of aromatic nitrogens is 3. The Morgan fingerprint density at radius 3 is 2.34 bits per heavy atom. The van der Waals surface area contributed by atoms with E-state index in [1.54, 1.807) is 6.33 Å². The van der Waals surface area contributed by atoms with Crippen molar-refractivity contribution in [1.29, 1.82) is 0 Å². The van der Waals surface area contributed by atoms with Crippen LogP contribution in [0.15, 0.2) is 96.4 Å². The van der Waals surface area contributed by atoms with Gasteiger partial charge in [-0.05, 0) is 30.7 Å². The number of nitrogens with zero attached hydrogens (tertiary/aromatic N) is 3. The highest BCUT2D eigenvalue weighted by molar-refractivity contribution is 8.00. The molecule has 0 fully saturated rings. The Labute approximate surface area is 173 Å². The smallest absolute Gasteiger partial charge is 0.237 e. The third-order valence-corrected chi connectivity index (χ3v) is 5.53. The van der Waals surface area contributed by atoms with Crippen LogP contribution in [0.25, 0.3) is 16.8 Å². The van der Waals surface area contributed by atoms with Crippen molar-refractivity contribution in [2.45, 2.75) is 17.3 Å². The molecule has 4 rings (SSSR count). The maximum Gasteiger partial charge on any atom is 0.237 e. The van der Waals surface area contributed by atoms with Crippen LogP contribution in [0.4, 0.5) is 5.69 Å². The van der Waals surface area contributed by atoms with E-state index in [9.17, 15) is 4.79 Å². The molecule has 5 nitrogen and oxygen atoms in total. The van der Waals surface area contributed by atoms with E-state index < -0.39 is 0 Å². The summed E-state index contributed by atoms with van der Waals surface area (Å²) < 4.78 is 1.88. The molecule has 0 saturated carbocycles. The lowest BCUT2D eigenvalue weighted by Gasteiger charge is -2.15. The number of hydrogen-bond acceptors (Lipinski definition) is 4. The molecule has 0 bridgehead atoms. The molecule has 1 aromatic heterocycles. The van der Waals surface area contributed by atoms with E-state index >= 15 is 0 Å². The lowest BCUT2D eigenvalue weighted by atomic mass is 10.0. The van der Waals surface area contributed by atoms with Crippen LogP contribution in [0.2, 0.25) is 0 Å². The van der Waals surface area contributed by atoms with Gasteiger partial charge >= 0.3 is 0 Å². The van der Waals surface area contributed by atoms with Crippen molar-refractivity contribution in [2.75, 3.05) is 5.32 Å². The largest absolute Gasteiger partial charge is 0.325 e. The minimum Gasteiger partial charge on any atom is -0.325 e. The zero-order chi connectivity index (χ0) is 20.1. The lowest BCUT2D eigenvalue weighted by Crippen LogP contribution is -2.23. The van der Waals surface area contributed by atoms with Gasteiger partial charge in [0.05, 0.1) is 5.25 Å². The first-order valence-corrected chi connectivity index (χ1v) is 10.2. The lowest BCUT2D eigenvalue weighted by molar-refractivity contribution is -0.115. The van der Waals surface area contributed by atoms with E-state index in [0.717, 1.165) is 22.5 Å². The number of nitrogens with one attached hydrogen (secondary N) is 1. The second-order valence-electron chi connectivity index (χ2n) is 6.48. The van der Waals surface area contributed by atoms with Crippen LogP contribution >= 0.6 is 11.8 Å². The van der Waals surface area contributed by atoms with Crippen LogP contribution in [0.5, 0.6) is 0 Å². The highest BCUT2D eigenvalue weighted by Crippen LogP contribution is 2.29. The molecule has 0 saturated heterocycles. The van der Waals surface area contributed by atoms with Gasteiger partial charge in [-0.3, -0.25) is 9.36 Å². The Hall–Kier alpha value is -3.38. The van der Waals surface area contributed by atoms with Crippen LogP contribution < -0.4 is 5.32 Å². The van der Waals surface area contributed by atoms with Crippen molar-refractivity contribution >= 4 is 23.4 Å². The van der Waals surface area contributed by atoms with Gasteiger partial charge in [0.25, 0.3) is 0 Å². The number of hydrogen-bond donors (Lipinski definition) is 1. The van der Waals surface area contributed by atoms with Crippen molar-refractivity contribution in [3.63, 3.8) is 0 Å². The number of anilines is 1. The van der Waals surface area contributed by atoms with Crippen LogP contribution in [-0.2, 0) is 4.79 Å². The highest BCUT2D eigenvalue weighted by Gasteiger charge is 2.19. The third kappa shape index (κ3) is 4.38. The summed E-state index contributed by atoms with van der Waals surface area (Å²) in [6, 6.07) is 27.7. The molecule has 1 N–H and O–H groups in total. The van der Waals surface area contributed by atoms with E-state index in [0.29, 0.717) is 5.16 Å². The fourth-order valence-corrected chi connectivity index (χ4v) is 3.82. The van der Waals surface area contributed by atoms with Gasteiger partial charge in [0, 0.05) is 16.9 Å². The van der Waals surface area contributed by atoms with E-state index in [4.69, 9.17) is 0 Å². The Morgan fingerprint density at radius 2 is 1.59 bits per heavy atom. The summed E-state index contributed by atoms with van der Waals surface area (Å²) in [5.41, 5.74) is 3.81. The molecule has 4 aromatic rings. The van der Waals surface area contributed by atoms with E-state index in [2.05, 4.69) is 15.5 Å². The fraction of sp³-hybridized carbons (Fsp3) is 0.0870.